The molecule has 0 bridgehead atoms. The Kier molecular flexibility index (Phi) is 5.78. The predicted molar refractivity (Wildman–Crippen MR) is 80.9 cm³/mol. The number of carbonyl (C=O) groups is 2. The van der Waals surface area contributed by atoms with Crippen molar-refractivity contribution in [2.75, 3.05) is 13.1 Å². The van der Waals surface area contributed by atoms with Crippen molar-refractivity contribution in [2.24, 2.45) is 0 Å². The molecular formula is C14H18F2N2O6S. The Morgan fingerprint density at radius 3 is 2.48 bits per heavy atom. The summed E-state index contributed by atoms with van der Waals surface area (Å²) in [7, 11) is -3.82. The zero-order valence-corrected chi connectivity index (χ0v) is 14.2. The van der Waals surface area contributed by atoms with Crippen LogP contribution in [0.25, 0.3) is 0 Å². The van der Waals surface area contributed by atoms with Crippen LogP contribution in [0.2, 0.25) is 0 Å². The van der Waals surface area contributed by atoms with Crippen molar-refractivity contribution in [2.45, 2.75) is 43.5 Å². The van der Waals surface area contributed by atoms with E-state index in [2.05, 4.69) is 0 Å². The van der Waals surface area contributed by atoms with E-state index in [-0.39, 0.29) is 10.7 Å². The second-order valence-electron chi connectivity index (χ2n) is 5.63. The molecule has 11 heteroatoms. The Balaban J connectivity index is 2.21. The number of carbonyl (C=O) groups excluding carboxylic acids is 1. The molecule has 1 atom stereocenters. The smallest absolute Gasteiger partial charge is 0.326 e. The Hall–Kier alpha value is -2.01. The highest BCUT2D eigenvalue weighted by Gasteiger charge is 2.32. The first kappa shape index (κ1) is 19.3. The molecular weight excluding hydrogens is 362 g/mol. The second-order valence-corrected chi connectivity index (χ2v) is 7.54. The van der Waals surface area contributed by atoms with E-state index in [1.54, 1.807) is 0 Å². The third-order valence-corrected chi connectivity index (χ3v) is 5.80. The highest BCUT2D eigenvalue weighted by atomic mass is 32.2. The summed E-state index contributed by atoms with van der Waals surface area (Å²) in [5, 5.41) is 10.8. The summed E-state index contributed by atoms with van der Waals surface area (Å²) in [4.78, 5) is 22.8. The lowest BCUT2D eigenvalue weighted by atomic mass is 10.2. The monoisotopic (exact) mass is 380 g/mol. The van der Waals surface area contributed by atoms with Gasteiger partial charge in [-0.15, -0.1) is 0 Å². The van der Waals surface area contributed by atoms with Gasteiger partial charge in [-0.05, 0) is 19.8 Å². The SMILES string of the molecule is Cc1oc(C(=O)NC(CC(F)F)C(=O)O)cc1S(=O)(=O)N1CCCC1. The molecule has 1 unspecified atom stereocenters. The maximum absolute atomic E-state index is 12.5. The summed E-state index contributed by atoms with van der Waals surface area (Å²) >= 11 is 0. The Labute approximate surface area is 142 Å². The minimum atomic E-state index is -3.82. The fourth-order valence-electron chi connectivity index (χ4n) is 2.53. The van der Waals surface area contributed by atoms with Crippen molar-refractivity contribution < 1.29 is 36.3 Å². The molecule has 0 radical (unpaired) electrons. The van der Waals surface area contributed by atoms with E-state index in [0.29, 0.717) is 13.1 Å². The Morgan fingerprint density at radius 2 is 1.96 bits per heavy atom. The van der Waals surface area contributed by atoms with Gasteiger partial charge in [-0.1, -0.05) is 0 Å². The minimum Gasteiger partial charge on any atom is -0.480 e. The third-order valence-electron chi connectivity index (χ3n) is 3.80. The van der Waals surface area contributed by atoms with Gasteiger partial charge in [-0.25, -0.2) is 22.0 Å². The fourth-order valence-corrected chi connectivity index (χ4v) is 4.21. The van der Waals surface area contributed by atoms with Gasteiger partial charge in [0.2, 0.25) is 16.4 Å². The van der Waals surface area contributed by atoms with Gasteiger partial charge < -0.3 is 14.8 Å². The second kappa shape index (κ2) is 7.48. The van der Waals surface area contributed by atoms with Crippen LogP contribution in [0.1, 0.15) is 35.6 Å². The maximum Gasteiger partial charge on any atom is 0.326 e. The molecule has 0 aromatic carbocycles. The Bertz CT molecular complexity index is 755. The zero-order valence-electron chi connectivity index (χ0n) is 13.4. The third kappa shape index (κ3) is 4.34. The summed E-state index contributed by atoms with van der Waals surface area (Å²) in [5.74, 6) is -3.17. The van der Waals surface area contributed by atoms with E-state index in [9.17, 15) is 26.8 Å². The number of nitrogens with one attached hydrogen (secondary N) is 1. The lowest BCUT2D eigenvalue weighted by Gasteiger charge is -2.14. The zero-order chi connectivity index (χ0) is 18.8. The molecule has 2 rings (SSSR count). The van der Waals surface area contributed by atoms with Gasteiger partial charge in [0.15, 0.2) is 5.76 Å². The van der Waals surface area contributed by atoms with Crippen molar-refractivity contribution in [3.05, 3.63) is 17.6 Å². The van der Waals surface area contributed by atoms with E-state index < -0.39 is 46.5 Å². The number of amides is 1. The van der Waals surface area contributed by atoms with Gasteiger partial charge in [0.05, 0.1) is 0 Å². The van der Waals surface area contributed by atoms with Crippen molar-refractivity contribution in [1.82, 2.24) is 9.62 Å². The average Bonchev–Trinajstić information content (AvgIpc) is 3.15. The number of alkyl halides is 2. The van der Waals surface area contributed by atoms with Crippen LogP contribution in [-0.4, -0.2) is 55.3 Å². The molecule has 1 aromatic rings. The van der Waals surface area contributed by atoms with Crippen LogP contribution < -0.4 is 5.32 Å². The molecule has 1 saturated heterocycles. The Morgan fingerprint density at radius 1 is 1.36 bits per heavy atom. The molecule has 2 N–H and O–H groups in total. The number of aryl methyl sites for hydroxylation is 1. The minimum absolute atomic E-state index is 0.0298. The van der Waals surface area contributed by atoms with Crippen molar-refractivity contribution in [1.29, 1.82) is 0 Å². The van der Waals surface area contributed by atoms with Crippen molar-refractivity contribution in [3.63, 3.8) is 0 Å². The van der Waals surface area contributed by atoms with Crippen LogP contribution in [-0.2, 0) is 14.8 Å². The number of carboxylic acids is 1. The molecule has 1 fully saturated rings. The van der Waals surface area contributed by atoms with Crippen LogP contribution in [0.5, 0.6) is 0 Å². The molecule has 2 heterocycles. The first-order chi connectivity index (χ1) is 11.6. The van der Waals surface area contributed by atoms with Crippen LogP contribution >= 0.6 is 0 Å². The maximum atomic E-state index is 12.5. The lowest BCUT2D eigenvalue weighted by Crippen LogP contribution is -2.41. The van der Waals surface area contributed by atoms with Gasteiger partial charge in [0, 0.05) is 25.6 Å². The molecule has 25 heavy (non-hydrogen) atoms. The van der Waals surface area contributed by atoms with Crippen molar-refractivity contribution >= 4 is 21.9 Å². The van der Waals surface area contributed by atoms with E-state index in [0.717, 1.165) is 18.9 Å². The topological polar surface area (TPSA) is 117 Å². The first-order valence-electron chi connectivity index (χ1n) is 7.55. The number of aliphatic carboxylic acids is 1. The molecule has 140 valence electrons. The molecule has 1 aliphatic rings. The van der Waals surface area contributed by atoms with Gasteiger partial charge in [-0.3, -0.25) is 4.79 Å². The molecule has 0 spiro atoms. The molecule has 0 aliphatic carbocycles. The molecule has 0 saturated carbocycles. The quantitative estimate of drug-likeness (QED) is 0.734. The molecule has 8 nitrogen and oxygen atoms in total. The van der Waals surface area contributed by atoms with E-state index >= 15 is 0 Å². The summed E-state index contributed by atoms with van der Waals surface area (Å²) in [6.45, 7) is 2.08. The van der Waals surface area contributed by atoms with Crippen LogP contribution in [0.15, 0.2) is 15.4 Å². The van der Waals surface area contributed by atoms with E-state index in [1.807, 2.05) is 5.32 Å². The van der Waals surface area contributed by atoms with Crippen molar-refractivity contribution in [3.8, 4) is 0 Å². The molecule has 1 aliphatic heterocycles. The summed E-state index contributed by atoms with van der Waals surface area (Å²) in [6.07, 6.45) is -2.53. The largest absolute Gasteiger partial charge is 0.480 e. The average molecular weight is 380 g/mol. The molecule has 1 amide bonds. The van der Waals surface area contributed by atoms with E-state index in [1.165, 1.54) is 11.2 Å². The number of rotatable bonds is 7. The predicted octanol–water partition coefficient (Wildman–Crippen LogP) is 1.21. The summed E-state index contributed by atoms with van der Waals surface area (Å²) in [5.41, 5.74) is 0. The number of nitrogens with zero attached hydrogens (tertiary/aromatic N) is 1. The standard InChI is InChI=1S/C14H18F2N2O6S/c1-8-11(25(22,23)18-4-2-3-5-18)7-10(24-8)13(19)17-9(14(20)21)6-12(15)16/h7,9,12H,2-6H2,1H3,(H,17,19)(H,20,21). The number of hydrogen-bond acceptors (Lipinski definition) is 5. The fraction of sp³-hybridized carbons (Fsp3) is 0.571. The summed E-state index contributed by atoms with van der Waals surface area (Å²) in [6, 6.07) is -0.823. The molecule has 1 aromatic heterocycles. The van der Waals surface area contributed by atoms with Gasteiger partial charge in [-0.2, -0.15) is 4.31 Å². The normalized spacial score (nSPS) is 17.0. The first-order valence-corrected chi connectivity index (χ1v) is 8.99. The number of carboxylic acid groups (broad SMARTS) is 1. The van der Waals surface area contributed by atoms with Gasteiger partial charge in [0.1, 0.15) is 16.7 Å². The van der Waals surface area contributed by atoms with Crippen LogP contribution in [0.4, 0.5) is 8.78 Å². The summed E-state index contributed by atoms with van der Waals surface area (Å²) < 4.78 is 56.1. The van der Waals surface area contributed by atoms with E-state index in [4.69, 9.17) is 9.52 Å². The number of furan rings is 1. The number of hydrogen-bond donors (Lipinski definition) is 2. The highest BCUT2D eigenvalue weighted by molar-refractivity contribution is 7.89. The number of sulfonamides is 1. The van der Waals surface area contributed by atoms with Crippen LogP contribution in [0.3, 0.4) is 0 Å². The lowest BCUT2D eigenvalue weighted by molar-refractivity contribution is -0.140. The van der Waals surface area contributed by atoms with Gasteiger partial charge >= 0.3 is 5.97 Å². The number of halogens is 2. The van der Waals surface area contributed by atoms with Gasteiger partial charge in [0.25, 0.3) is 5.91 Å². The highest BCUT2D eigenvalue weighted by Crippen LogP contribution is 2.26. The van der Waals surface area contributed by atoms with Crippen LogP contribution in [0, 0.1) is 6.92 Å².